The zero-order valence-electron chi connectivity index (χ0n) is 13.8. The lowest BCUT2D eigenvalue weighted by Gasteiger charge is -2.45. The van der Waals surface area contributed by atoms with Crippen LogP contribution >= 0.6 is 0 Å². The van der Waals surface area contributed by atoms with Crippen molar-refractivity contribution in [1.29, 1.82) is 0 Å². The molecule has 0 bridgehead atoms. The minimum Gasteiger partial charge on any atom is -0.465 e. The van der Waals surface area contributed by atoms with Gasteiger partial charge in [0.1, 0.15) is 5.54 Å². The van der Waals surface area contributed by atoms with Crippen LogP contribution in [0.1, 0.15) is 41.0 Å². The number of hydrogen-bond acceptors (Lipinski definition) is 5. The summed E-state index contributed by atoms with van der Waals surface area (Å²) >= 11 is 0. The smallest absolute Gasteiger partial charge is 0.325 e. The lowest BCUT2D eigenvalue weighted by molar-refractivity contribution is -0.149. The summed E-state index contributed by atoms with van der Waals surface area (Å²) in [5, 5.41) is 0. The van der Waals surface area contributed by atoms with Gasteiger partial charge in [-0.15, -0.1) is 0 Å². The first-order valence-electron chi connectivity index (χ1n) is 7.61. The molecule has 0 aromatic heterocycles. The van der Waals surface area contributed by atoms with Gasteiger partial charge >= 0.3 is 5.97 Å². The molecule has 0 aliphatic carbocycles. The van der Waals surface area contributed by atoms with E-state index >= 15 is 0 Å². The molecule has 0 amide bonds. The van der Waals surface area contributed by atoms with Gasteiger partial charge in [-0.1, -0.05) is 0 Å². The molecule has 1 saturated heterocycles. The average Bonchev–Trinajstić information content (AvgIpc) is 2.35. The number of hydrogen-bond donors (Lipinski definition) is 1. The summed E-state index contributed by atoms with van der Waals surface area (Å²) in [4.78, 5) is 16.7. The molecule has 5 nitrogen and oxygen atoms in total. The molecule has 5 heteroatoms. The Morgan fingerprint density at radius 1 is 1.40 bits per heavy atom. The molecule has 1 aliphatic heterocycles. The van der Waals surface area contributed by atoms with E-state index in [1.807, 2.05) is 0 Å². The molecule has 118 valence electrons. The Morgan fingerprint density at radius 2 is 1.90 bits per heavy atom. The van der Waals surface area contributed by atoms with Crippen LogP contribution < -0.4 is 5.73 Å². The van der Waals surface area contributed by atoms with Gasteiger partial charge in [-0.05, 0) is 48.1 Å². The maximum absolute atomic E-state index is 11.9. The standard InChI is InChI=1S/C15H31N3O2/c1-7-20-14(19)15(5,16)8-11(2)18-9-12(3)17(6)13(4)10-18/h11-13H,7-10,16H2,1-6H3. The number of esters is 1. The van der Waals surface area contributed by atoms with Crippen LogP contribution in [0.2, 0.25) is 0 Å². The fraction of sp³-hybridized carbons (Fsp3) is 0.933. The van der Waals surface area contributed by atoms with Crippen molar-refractivity contribution in [1.82, 2.24) is 9.80 Å². The normalized spacial score (nSPS) is 29.8. The lowest BCUT2D eigenvalue weighted by Crippen LogP contribution is -2.59. The Labute approximate surface area is 123 Å². The summed E-state index contributed by atoms with van der Waals surface area (Å²) in [6.07, 6.45) is 0.620. The third kappa shape index (κ3) is 4.17. The van der Waals surface area contributed by atoms with E-state index in [4.69, 9.17) is 10.5 Å². The molecular weight excluding hydrogens is 254 g/mol. The zero-order chi connectivity index (χ0) is 15.5. The fourth-order valence-electron chi connectivity index (χ4n) is 2.93. The highest BCUT2D eigenvalue weighted by Gasteiger charge is 2.36. The molecule has 1 rings (SSSR count). The van der Waals surface area contributed by atoms with E-state index in [1.54, 1.807) is 13.8 Å². The summed E-state index contributed by atoms with van der Waals surface area (Å²) in [5.41, 5.74) is 5.23. The van der Waals surface area contributed by atoms with Gasteiger partial charge in [0.25, 0.3) is 0 Å². The molecule has 0 saturated carbocycles. The summed E-state index contributed by atoms with van der Waals surface area (Å²) < 4.78 is 5.06. The van der Waals surface area contributed by atoms with E-state index in [0.29, 0.717) is 25.1 Å². The second-order valence-electron chi connectivity index (χ2n) is 6.51. The second kappa shape index (κ2) is 6.87. The van der Waals surface area contributed by atoms with Crippen LogP contribution in [0.15, 0.2) is 0 Å². The van der Waals surface area contributed by atoms with E-state index in [2.05, 4.69) is 37.6 Å². The maximum atomic E-state index is 11.9. The molecule has 0 spiro atoms. The van der Waals surface area contributed by atoms with Crippen molar-refractivity contribution < 1.29 is 9.53 Å². The van der Waals surface area contributed by atoms with Crippen molar-refractivity contribution >= 4 is 5.97 Å². The first-order valence-corrected chi connectivity index (χ1v) is 7.61. The highest BCUT2D eigenvalue weighted by atomic mass is 16.5. The Kier molecular flexibility index (Phi) is 5.98. The van der Waals surface area contributed by atoms with Crippen LogP contribution in [-0.2, 0) is 9.53 Å². The molecule has 4 atom stereocenters. The van der Waals surface area contributed by atoms with Crippen molar-refractivity contribution in [3.63, 3.8) is 0 Å². The molecule has 0 radical (unpaired) electrons. The minimum absolute atomic E-state index is 0.271. The van der Waals surface area contributed by atoms with Gasteiger partial charge in [0.15, 0.2) is 0 Å². The van der Waals surface area contributed by atoms with Crippen LogP contribution in [0.25, 0.3) is 0 Å². The third-order valence-electron chi connectivity index (χ3n) is 4.47. The zero-order valence-corrected chi connectivity index (χ0v) is 13.8. The first kappa shape index (κ1) is 17.4. The summed E-state index contributed by atoms with van der Waals surface area (Å²) in [5.74, 6) is -0.304. The fourth-order valence-corrected chi connectivity index (χ4v) is 2.93. The molecule has 0 aromatic rings. The quantitative estimate of drug-likeness (QED) is 0.766. The molecular formula is C15H31N3O2. The molecule has 0 aromatic carbocycles. The number of carbonyl (C=O) groups is 1. The Balaban J connectivity index is 2.62. The van der Waals surface area contributed by atoms with Gasteiger partial charge in [0.2, 0.25) is 0 Å². The van der Waals surface area contributed by atoms with Gasteiger partial charge in [0, 0.05) is 31.2 Å². The number of nitrogens with zero attached hydrogens (tertiary/aromatic N) is 2. The average molecular weight is 285 g/mol. The monoisotopic (exact) mass is 285 g/mol. The van der Waals surface area contributed by atoms with E-state index in [0.717, 1.165) is 13.1 Å². The van der Waals surface area contributed by atoms with Crippen LogP contribution in [-0.4, -0.2) is 66.2 Å². The molecule has 1 aliphatic rings. The van der Waals surface area contributed by atoms with Gasteiger partial charge < -0.3 is 10.5 Å². The third-order valence-corrected chi connectivity index (χ3v) is 4.47. The predicted octanol–water partition coefficient (Wildman–Crippen LogP) is 1.07. The number of nitrogens with two attached hydrogens (primary N) is 1. The van der Waals surface area contributed by atoms with E-state index in [1.165, 1.54) is 0 Å². The van der Waals surface area contributed by atoms with Crippen LogP contribution in [0.5, 0.6) is 0 Å². The highest BCUT2D eigenvalue weighted by Crippen LogP contribution is 2.21. The summed E-state index contributed by atoms with van der Waals surface area (Å²) in [6.45, 7) is 12.6. The topological polar surface area (TPSA) is 58.8 Å². The van der Waals surface area contributed by atoms with Gasteiger partial charge in [-0.2, -0.15) is 0 Å². The largest absolute Gasteiger partial charge is 0.465 e. The molecule has 1 fully saturated rings. The number of rotatable bonds is 5. The summed E-state index contributed by atoms with van der Waals surface area (Å²) in [6, 6.07) is 1.31. The van der Waals surface area contributed by atoms with Crippen molar-refractivity contribution in [2.24, 2.45) is 5.73 Å². The number of piperazine rings is 1. The SMILES string of the molecule is CCOC(=O)C(C)(N)CC(C)N1CC(C)N(C)C(C)C1. The number of likely N-dealkylation sites (N-methyl/N-ethyl adjacent to an activating group) is 1. The van der Waals surface area contributed by atoms with E-state index in [-0.39, 0.29) is 12.0 Å². The predicted molar refractivity (Wildman–Crippen MR) is 81.6 cm³/mol. The maximum Gasteiger partial charge on any atom is 0.325 e. The molecule has 2 N–H and O–H groups in total. The van der Waals surface area contributed by atoms with Gasteiger partial charge in [-0.25, -0.2) is 0 Å². The Morgan fingerprint density at radius 3 is 2.35 bits per heavy atom. The van der Waals surface area contributed by atoms with E-state index in [9.17, 15) is 4.79 Å². The minimum atomic E-state index is -0.911. The van der Waals surface area contributed by atoms with Crippen molar-refractivity contribution in [2.75, 3.05) is 26.7 Å². The van der Waals surface area contributed by atoms with E-state index < -0.39 is 5.54 Å². The van der Waals surface area contributed by atoms with Crippen LogP contribution in [0, 0.1) is 0 Å². The molecule has 4 unspecified atom stereocenters. The number of ether oxygens (including phenoxy) is 1. The van der Waals surface area contributed by atoms with Gasteiger partial charge in [0.05, 0.1) is 6.61 Å². The highest BCUT2D eigenvalue weighted by molar-refractivity contribution is 5.80. The van der Waals surface area contributed by atoms with Crippen molar-refractivity contribution in [3.05, 3.63) is 0 Å². The van der Waals surface area contributed by atoms with Crippen LogP contribution in [0.4, 0.5) is 0 Å². The van der Waals surface area contributed by atoms with Crippen molar-refractivity contribution in [2.45, 2.75) is 64.7 Å². The number of carbonyl (C=O) groups excluding carboxylic acids is 1. The molecule has 1 heterocycles. The van der Waals surface area contributed by atoms with Crippen molar-refractivity contribution in [3.8, 4) is 0 Å². The lowest BCUT2D eigenvalue weighted by atomic mass is 9.93. The van der Waals surface area contributed by atoms with Crippen LogP contribution in [0.3, 0.4) is 0 Å². The summed E-state index contributed by atoms with van der Waals surface area (Å²) in [7, 11) is 2.17. The Bertz CT molecular complexity index is 321. The van der Waals surface area contributed by atoms with Gasteiger partial charge in [-0.3, -0.25) is 14.6 Å². The first-order chi connectivity index (χ1) is 9.19. The molecule has 20 heavy (non-hydrogen) atoms. The Hall–Kier alpha value is -0.650. The second-order valence-corrected chi connectivity index (χ2v) is 6.51.